The number of rotatable bonds is 2. The Balaban J connectivity index is 1.77. The first-order valence-corrected chi connectivity index (χ1v) is 9.43. The van der Waals surface area contributed by atoms with Crippen molar-refractivity contribution >= 4 is 15.7 Å². The Kier molecular flexibility index (Phi) is 3.47. The molecule has 0 saturated carbocycles. The lowest BCUT2D eigenvalue weighted by atomic mass is 10.2. The summed E-state index contributed by atoms with van der Waals surface area (Å²) in [5, 5.41) is 0. The third-order valence-corrected chi connectivity index (χ3v) is 6.58. The molecule has 3 aromatic rings. The van der Waals surface area contributed by atoms with Gasteiger partial charge < -0.3 is 4.40 Å². The molecule has 0 saturated heterocycles. The van der Waals surface area contributed by atoms with Gasteiger partial charge in [0.15, 0.2) is 0 Å². The lowest BCUT2D eigenvalue weighted by Crippen LogP contribution is -2.36. The average molecular weight is 341 g/mol. The van der Waals surface area contributed by atoms with Crippen molar-refractivity contribution in [2.75, 3.05) is 6.54 Å². The van der Waals surface area contributed by atoms with E-state index in [1.807, 2.05) is 54.8 Å². The van der Waals surface area contributed by atoms with Gasteiger partial charge in [0.2, 0.25) is 10.0 Å². The van der Waals surface area contributed by atoms with Crippen LogP contribution in [0.5, 0.6) is 0 Å². The second-order valence-corrected chi connectivity index (χ2v) is 8.20. The fourth-order valence-corrected chi connectivity index (χ4v) is 4.98. The molecule has 3 heterocycles. The number of pyridine rings is 1. The van der Waals surface area contributed by atoms with Gasteiger partial charge in [-0.15, -0.1) is 0 Å². The minimum atomic E-state index is -3.51. The summed E-state index contributed by atoms with van der Waals surface area (Å²) in [6.45, 7) is 4.58. The van der Waals surface area contributed by atoms with Gasteiger partial charge in [0.25, 0.3) is 0 Å². The first-order chi connectivity index (χ1) is 11.5. The summed E-state index contributed by atoms with van der Waals surface area (Å²) in [6, 6.07) is 11.4. The summed E-state index contributed by atoms with van der Waals surface area (Å²) in [6.07, 6.45) is 2.58. The second kappa shape index (κ2) is 5.43. The molecule has 5 nitrogen and oxygen atoms in total. The van der Waals surface area contributed by atoms with Crippen LogP contribution in [-0.4, -0.2) is 28.7 Å². The van der Waals surface area contributed by atoms with E-state index in [1.165, 1.54) is 0 Å². The topological polar surface area (TPSA) is 54.7 Å². The van der Waals surface area contributed by atoms with E-state index < -0.39 is 10.0 Å². The van der Waals surface area contributed by atoms with Gasteiger partial charge >= 0.3 is 0 Å². The van der Waals surface area contributed by atoms with Crippen LogP contribution in [0.1, 0.15) is 22.5 Å². The van der Waals surface area contributed by atoms with Crippen LogP contribution in [0.4, 0.5) is 0 Å². The Hall–Kier alpha value is -2.18. The van der Waals surface area contributed by atoms with E-state index in [1.54, 1.807) is 10.4 Å². The van der Waals surface area contributed by atoms with Crippen LogP contribution in [-0.2, 0) is 23.0 Å². The average Bonchev–Trinajstić information content (AvgIpc) is 2.94. The fraction of sp³-hybridized carbons (Fsp3) is 0.278. The number of hydrogen-bond acceptors (Lipinski definition) is 3. The molecule has 0 atom stereocenters. The second-order valence-electron chi connectivity index (χ2n) is 6.29. The third kappa shape index (κ3) is 2.34. The molecule has 0 N–H and O–H groups in total. The van der Waals surface area contributed by atoms with E-state index >= 15 is 0 Å². The third-order valence-electron chi connectivity index (χ3n) is 4.60. The van der Waals surface area contributed by atoms with Crippen LogP contribution in [0.25, 0.3) is 5.65 Å². The summed E-state index contributed by atoms with van der Waals surface area (Å²) < 4.78 is 29.8. The molecule has 1 aliphatic heterocycles. The summed E-state index contributed by atoms with van der Waals surface area (Å²) in [5.41, 5.74) is 4.56. The number of sulfonamides is 1. The lowest BCUT2D eigenvalue weighted by molar-refractivity contribution is 0.383. The molecule has 0 unspecified atom stereocenters. The van der Waals surface area contributed by atoms with E-state index in [9.17, 15) is 8.42 Å². The molecule has 1 aromatic carbocycles. The number of aromatic nitrogens is 2. The number of hydrogen-bond donors (Lipinski definition) is 0. The number of aryl methyl sites for hydroxylation is 2. The molecule has 0 aliphatic carbocycles. The van der Waals surface area contributed by atoms with Gasteiger partial charge in [0, 0.05) is 19.2 Å². The van der Waals surface area contributed by atoms with Crippen LogP contribution in [0.2, 0.25) is 0 Å². The highest BCUT2D eigenvalue weighted by Gasteiger charge is 2.31. The van der Waals surface area contributed by atoms with E-state index in [0.29, 0.717) is 24.4 Å². The molecule has 2 aromatic heterocycles. The highest BCUT2D eigenvalue weighted by Crippen LogP contribution is 2.27. The molecule has 0 amide bonds. The maximum atomic E-state index is 13.1. The van der Waals surface area contributed by atoms with Crippen molar-refractivity contribution in [3.05, 3.63) is 65.1 Å². The Morgan fingerprint density at radius 2 is 1.96 bits per heavy atom. The summed E-state index contributed by atoms with van der Waals surface area (Å²) in [7, 11) is -3.51. The first-order valence-electron chi connectivity index (χ1n) is 7.99. The molecule has 0 spiro atoms. The zero-order chi connectivity index (χ0) is 16.9. The highest BCUT2D eigenvalue weighted by molar-refractivity contribution is 7.89. The SMILES string of the molecule is Cc1ccc(C)c(S(=O)(=O)N2CCc3nc4ccccn4c3C2)c1. The van der Waals surface area contributed by atoms with Crippen molar-refractivity contribution in [1.29, 1.82) is 0 Å². The van der Waals surface area contributed by atoms with Crippen molar-refractivity contribution in [3.8, 4) is 0 Å². The fourth-order valence-electron chi connectivity index (χ4n) is 3.27. The molecular formula is C18H19N3O2S. The first kappa shape index (κ1) is 15.4. The minimum absolute atomic E-state index is 0.357. The largest absolute Gasteiger partial charge is 0.302 e. The Morgan fingerprint density at radius 1 is 1.12 bits per heavy atom. The summed E-state index contributed by atoms with van der Waals surface area (Å²) in [5.74, 6) is 0. The van der Waals surface area contributed by atoms with Crippen LogP contribution < -0.4 is 0 Å². The maximum absolute atomic E-state index is 13.1. The van der Waals surface area contributed by atoms with E-state index in [-0.39, 0.29) is 0 Å². The van der Waals surface area contributed by atoms with Crippen LogP contribution in [0.3, 0.4) is 0 Å². The van der Waals surface area contributed by atoms with Gasteiger partial charge in [-0.25, -0.2) is 13.4 Å². The summed E-state index contributed by atoms with van der Waals surface area (Å²) in [4.78, 5) is 5.02. The highest BCUT2D eigenvalue weighted by atomic mass is 32.2. The normalized spacial score (nSPS) is 15.6. The molecule has 0 radical (unpaired) electrons. The molecule has 24 heavy (non-hydrogen) atoms. The van der Waals surface area contributed by atoms with Gasteiger partial charge in [-0.2, -0.15) is 4.31 Å². The number of nitrogens with zero attached hydrogens (tertiary/aromatic N) is 3. The quantitative estimate of drug-likeness (QED) is 0.720. The molecular weight excluding hydrogens is 322 g/mol. The number of imidazole rings is 1. The van der Waals surface area contributed by atoms with Crippen molar-refractivity contribution in [2.24, 2.45) is 0 Å². The van der Waals surface area contributed by atoms with Crippen molar-refractivity contribution < 1.29 is 8.42 Å². The van der Waals surface area contributed by atoms with Crippen molar-refractivity contribution in [1.82, 2.24) is 13.7 Å². The number of benzene rings is 1. The minimum Gasteiger partial charge on any atom is -0.302 e. The van der Waals surface area contributed by atoms with E-state index in [0.717, 1.165) is 28.2 Å². The van der Waals surface area contributed by atoms with Crippen LogP contribution in [0.15, 0.2) is 47.5 Å². The van der Waals surface area contributed by atoms with Crippen LogP contribution in [0, 0.1) is 13.8 Å². The zero-order valence-corrected chi connectivity index (χ0v) is 14.5. The molecule has 1 aliphatic rings. The molecule has 124 valence electrons. The predicted octanol–water partition coefficient (Wildman–Crippen LogP) is 2.70. The maximum Gasteiger partial charge on any atom is 0.243 e. The van der Waals surface area contributed by atoms with Gasteiger partial charge in [-0.1, -0.05) is 18.2 Å². The molecule has 6 heteroatoms. The monoisotopic (exact) mass is 341 g/mol. The summed E-state index contributed by atoms with van der Waals surface area (Å²) >= 11 is 0. The van der Waals surface area contributed by atoms with E-state index in [4.69, 9.17) is 0 Å². The molecule has 0 fully saturated rings. The van der Waals surface area contributed by atoms with E-state index in [2.05, 4.69) is 4.98 Å². The zero-order valence-electron chi connectivity index (χ0n) is 13.7. The van der Waals surface area contributed by atoms with Gasteiger partial charge in [0.05, 0.1) is 22.8 Å². The van der Waals surface area contributed by atoms with Crippen molar-refractivity contribution in [2.45, 2.75) is 31.7 Å². The predicted molar refractivity (Wildman–Crippen MR) is 92.4 cm³/mol. The Labute approximate surface area is 141 Å². The smallest absolute Gasteiger partial charge is 0.243 e. The van der Waals surface area contributed by atoms with Gasteiger partial charge in [-0.3, -0.25) is 0 Å². The van der Waals surface area contributed by atoms with Gasteiger partial charge in [0.1, 0.15) is 5.65 Å². The Bertz CT molecular complexity index is 1040. The van der Waals surface area contributed by atoms with Crippen LogP contribution >= 0.6 is 0 Å². The standard InChI is InChI=1S/C18H19N3O2S/c1-13-6-7-14(2)17(11-13)24(22,23)20-10-8-15-16(12-20)21-9-4-3-5-18(21)19-15/h3-7,9,11H,8,10,12H2,1-2H3. The Morgan fingerprint density at radius 3 is 2.79 bits per heavy atom. The molecule has 4 rings (SSSR count). The number of fused-ring (bicyclic) bond motifs is 3. The van der Waals surface area contributed by atoms with Gasteiger partial charge in [-0.05, 0) is 43.2 Å². The molecule has 0 bridgehead atoms. The lowest BCUT2D eigenvalue weighted by Gasteiger charge is -2.26. The van der Waals surface area contributed by atoms with Crippen molar-refractivity contribution in [3.63, 3.8) is 0 Å².